The third-order valence-electron chi connectivity index (χ3n) is 5.30. The predicted molar refractivity (Wildman–Crippen MR) is 81.6 cm³/mol. The first-order valence-electron chi connectivity index (χ1n) is 8.04. The Labute approximate surface area is 131 Å². The first-order chi connectivity index (χ1) is 10.6. The minimum absolute atomic E-state index is 0.0119. The van der Waals surface area contributed by atoms with Gasteiger partial charge in [0.1, 0.15) is 5.69 Å². The number of rotatable bonds is 2. The van der Waals surface area contributed by atoms with E-state index in [0.717, 1.165) is 44.5 Å². The molecule has 0 saturated carbocycles. The number of aliphatic hydroxyl groups is 1. The van der Waals surface area contributed by atoms with Crippen molar-refractivity contribution >= 4 is 5.91 Å². The molecule has 1 amide bonds. The molecule has 6 nitrogen and oxygen atoms in total. The van der Waals surface area contributed by atoms with E-state index in [1.807, 2.05) is 11.8 Å². The Balaban J connectivity index is 1.86. The highest BCUT2D eigenvalue weighted by molar-refractivity contribution is 5.94. The van der Waals surface area contributed by atoms with Crippen LogP contribution in [0.3, 0.4) is 0 Å². The van der Waals surface area contributed by atoms with Crippen LogP contribution in [0.4, 0.5) is 0 Å². The fourth-order valence-electron chi connectivity index (χ4n) is 3.83. The molecule has 2 fully saturated rings. The van der Waals surface area contributed by atoms with Gasteiger partial charge in [-0.1, -0.05) is 0 Å². The van der Waals surface area contributed by atoms with Gasteiger partial charge in [0.15, 0.2) is 0 Å². The van der Waals surface area contributed by atoms with Crippen molar-refractivity contribution in [2.45, 2.75) is 38.6 Å². The van der Waals surface area contributed by atoms with Crippen molar-refractivity contribution in [1.29, 1.82) is 0 Å². The summed E-state index contributed by atoms with van der Waals surface area (Å²) in [5.41, 5.74) is 1.67. The van der Waals surface area contributed by atoms with E-state index >= 15 is 0 Å². The normalized spacial score (nSPS) is 24.7. The topological polar surface area (TPSA) is 67.6 Å². The lowest BCUT2D eigenvalue weighted by atomic mass is 9.72. The summed E-state index contributed by atoms with van der Waals surface area (Å²) < 4.78 is 7.13. The third-order valence-corrected chi connectivity index (χ3v) is 5.30. The summed E-state index contributed by atoms with van der Waals surface area (Å²) in [6.45, 7) is 4.19. The first kappa shape index (κ1) is 15.5. The van der Waals surface area contributed by atoms with Gasteiger partial charge in [0.05, 0.1) is 18.8 Å². The first-order valence-corrected chi connectivity index (χ1v) is 8.04. The van der Waals surface area contributed by atoms with E-state index in [4.69, 9.17) is 4.74 Å². The summed E-state index contributed by atoms with van der Waals surface area (Å²) in [5, 5.41) is 13.9. The number of likely N-dealkylation sites (tertiary alicyclic amines) is 1. The molecule has 22 heavy (non-hydrogen) atoms. The van der Waals surface area contributed by atoms with Crippen molar-refractivity contribution in [2.24, 2.45) is 12.5 Å². The number of piperidine rings is 1. The van der Waals surface area contributed by atoms with Crippen LogP contribution in [0.15, 0.2) is 6.20 Å². The number of carbonyl (C=O) groups is 1. The second kappa shape index (κ2) is 6.01. The van der Waals surface area contributed by atoms with E-state index < -0.39 is 0 Å². The fraction of sp³-hybridized carbons (Fsp3) is 0.750. The highest BCUT2D eigenvalue weighted by Gasteiger charge is 2.42. The third kappa shape index (κ3) is 2.65. The van der Waals surface area contributed by atoms with E-state index in [2.05, 4.69) is 5.10 Å². The Bertz CT molecular complexity index is 529. The van der Waals surface area contributed by atoms with E-state index in [-0.39, 0.29) is 24.0 Å². The number of aliphatic hydroxyl groups excluding tert-OH is 1. The zero-order valence-corrected chi connectivity index (χ0v) is 13.4. The molecule has 1 atom stereocenters. The largest absolute Gasteiger partial charge is 0.394 e. The van der Waals surface area contributed by atoms with Gasteiger partial charge in [0, 0.05) is 26.8 Å². The van der Waals surface area contributed by atoms with Gasteiger partial charge in [-0.2, -0.15) is 5.10 Å². The highest BCUT2D eigenvalue weighted by atomic mass is 16.5. The predicted octanol–water partition coefficient (Wildman–Crippen LogP) is 1.12. The molecular weight excluding hydrogens is 282 g/mol. The Hall–Kier alpha value is -1.40. The Morgan fingerprint density at radius 3 is 2.77 bits per heavy atom. The van der Waals surface area contributed by atoms with Gasteiger partial charge in [0.25, 0.3) is 5.91 Å². The fourth-order valence-corrected chi connectivity index (χ4v) is 3.83. The maximum Gasteiger partial charge on any atom is 0.272 e. The number of hydrogen-bond donors (Lipinski definition) is 1. The Morgan fingerprint density at radius 2 is 2.18 bits per heavy atom. The van der Waals surface area contributed by atoms with E-state index in [9.17, 15) is 9.90 Å². The maximum absolute atomic E-state index is 13.0. The summed E-state index contributed by atoms with van der Waals surface area (Å²) in [6.07, 6.45) is 5.64. The standard InChI is InChI=1S/C16H25N3O3/c1-12-9-17-18(2)14(12)15(21)19-11-16(4-3-13(19)10-20)5-7-22-8-6-16/h9,13,20H,3-8,10-11H2,1-2H3. The van der Waals surface area contributed by atoms with Crippen LogP contribution in [-0.2, 0) is 11.8 Å². The lowest BCUT2D eigenvalue weighted by molar-refractivity contribution is -0.0438. The lowest BCUT2D eigenvalue weighted by Crippen LogP contribution is -2.54. The van der Waals surface area contributed by atoms with Crippen LogP contribution in [-0.4, -0.2) is 58.1 Å². The summed E-state index contributed by atoms with van der Waals surface area (Å²) in [6, 6.07) is -0.0877. The molecule has 1 aromatic rings. The van der Waals surface area contributed by atoms with Gasteiger partial charge in [-0.3, -0.25) is 9.48 Å². The van der Waals surface area contributed by atoms with Gasteiger partial charge in [-0.15, -0.1) is 0 Å². The molecule has 6 heteroatoms. The average molecular weight is 307 g/mol. The molecule has 1 unspecified atom stereocenters. The molecule has 0 bridgehead atoms. The zero-order chi connectivity index (χ0) is 15.7. The van der Waals surface area contributed by atoms with Gasteiger partial charge < -0.3 is 14.7 Å². The second-order valence-corrected chi connectivity index (χ2v) is 6.72. The molecular formula is C16H25N3O3. The monoisotopic (exact) mass is 307 g/mol. The second-order valence-electron chi connectivity index (χ2n) is 6.72. The van der Waals surface area contributed by atoms with Crippen molar-refractivity contribution in [2.75, 3.05) is 26.4 Å². The van der Waals surface area contributed by atoms with Crippen LogP contribution >= 0.6 is 0 Å². The Morgan fingerprint density at radius 1 is 1.45 bits per heavy atom. The van der Waals surface area contributed by atoms with Crippen LogP contribution in [0, 0.1) is 12.3 Å². The zero-order valence-electron chi connectivity index (χ0n) is 13.4. The lowest BCUT2D eigenvalue weighted by Gasteiger charge is -2.48. The van der Waals surface area contributed by atoms with Crippen molar-refractivity contribution < 1.29 is 14.6 Å². The van der Waals surface area contributed by atoms with Gasteiger partial charge in [-0.05, 0) is 43.6 Å². The molecule has 3 heterocycles. The molecule has 3 rings (SSSR count). The quantitative estimate of drug-likeness (QED) is 0.889. The highest BCUT2D eigenvalue weighted by Crippen LogP contribution is 2.41. The molecule has 1 spiro atoms. The van der Waals surface area contributed by atoms with Crippen molar-refractivity contribution in [3.63, 3.8) is 0 Å². The van der Waals surface area contributed by atoms with Gasteiger partial charge >= 0.3 is 0 Å². The van der Waals surface area contributed by atoms with Crippen LogP contribution in [0.25, 0.3) is 0 Å². The summed E-state index contributed by atoms with van der Waals surface area (Å²) in [7, 11) is 1.79. The molecule has 1 N–H and O–H groups in total. The average Bonchev–Trinajstić information content (AvgIpc) is 2.86. The molecule has 2 saturated heterocycles. The van der Waals surface area contributed by atoms with Crippen LogP contribution < -0.4 is 0 Å². The van der Waals surface area contributed by atoms with Gasteiger partial charge in [0.2, 0.25) is 0 Å². The van der Waals surface area contributed by atoms with Crippen LogP contribution in [0.5, 0.6) is 0 Å². The SMILES string of the molecule is Cc1cnn(C)c1C(=O)N1CC2(CCOCC2)CCC1CO. The Kier molecular flexibility index (Phi) is 4.23. The van der Waals surface area contributed by atoms with E-state index in [1.165, 1.54) is 0 Å². The van der Waals surface area contributed by atoms with Gasteiger partial charge in [-0.25, -0.2) is 0 Å². The minimum atomic E-state index is -0.0877. The molecule has 2 aliphatic rings. The molecule has 1 aromatic heterocycles. The number of amides is 1. The van der Waals surface area contributed by atoms with Crippen molar-refractivity contribution in [3.8, 4) is 0 Å². The number of ether oxygens (including phenoxy) is 1. The smallest absolute Gasteiger partial charge is 0.272 e. The molecule has 0 radical (unpaired) electrons. The summed E-state index contributed by atoms with van der Waals surface area (Å²) >= 11 is 0. The number of aromatic nitrogens is 2. The number of carbonyl (C=O) groups excluding carboxylic acids is 1. The van der Waals surface area contributed by atoms with Crippen molar-refractivity contribution in [3.05, 3.63) is 17.5 Å². The minimum Gasteiger partial charge on any atom is -0.394 e. The van der Waals surface area contributed by atoms with E-state index in [1.54, 1.807) is 17.9 Å². The molecule has 2 aliphatic heterocycles. The molecule has 122 valence electrons. The molecule has 0 aromatic carbocycles. The maximum atomic E-state index is 13.0. The summed E-state index contributed by atoms with van der Waals surface area (Å²) in [4.78, 5) is 14.9. The van der Waals surface area contributed by atoms with Crippen LogP contribution in [0.1, 0.15) is 41.7 Å². The number of nitrogens with zero attached hydrogens (tertiary/aromatic N) is 3. The van der Waals surface area contributed by atoms with E-state index in [0.29, 0.717) is 12.2 Å². The number of aryl methyl sites for hydroxylation is 2. The number of hydrogen-bond acceptors (Lipinski definition) is 4. The molecule has 0 aliphatic carbocycles. The van der Waals surface area contributed by atoms with Crippen molar-refractivity contribution in [1.82, 2.24) is 14.7 Å². The summed E-state index contributed by atoms with van der Waals surface area (Å²) in [5.74, 6) is -0.0119. The van der Waals surface area contributed by atoms with Crippen LogP contribution in [0.2, 0.25) is 0 Å².